The second-order valence-corrected chi connectivity index (χ2v) is 5.54. The summed E-state index contributed by atoms with van der Waals surface area (Å²) in [5.74, 6) is 0.756. The van der Waals surface area contributed by atoms with Crippen LogP contribution in [0.5, 0.6) is 0 Å². The van der Waals surface area contributed by atoms with E-state index in [0.717, 1.165) is 19.0 Å². The fourth-order valence-electron chi connectivity index (χ4n) is 2.58. The highest BCUT2D eigenvalue weighted by molar-refractivity contribution is 7.10. The molecule has 0 spiro atoms. The van der Waals surface area contributed by atoms with Gasteiger partial charge in [0.25, 0.3) is 0 Å². The number of hydrogen-bond acceptors (Lipinski definition) is 2. The molecule has 1 aromatic carbocycles. The molecular formula is C15H17NS. The van der Waals surface area contributed by atoms with E-state index in [2.05, 4.69) is 47.1 Å². The first-order chi connectivity index (χ1) is 8.45. The van der Waals surface area contributed by atoms with Gasteiger partial charge in [-0.2, -0.15) is 0 Å². The second-order valence-electron chi connectivity index (χ2n) is 4.59. The standard InChI is InChI=1S/C15H17NS/c1-2-4-12(5-3-1)14-8-11-17-15(14)13-6-9-16-10-7-13/h1-5,8,11,13,16H,6-7,9-10H2. The van der Waals surface area contributed by atoms with Crippen LogP contribution in [0, 0.1) is 0 Å². The molecule has 1 fully saturated rings. The normalized spacial score (nSPS) is 17.2. The number of nitrogens with one attached hydrogen (secondary N) is 1. The smallest absolute Gasteiger partial charge is 0.0155 e. The third-order valence-electron chi connectivity index (χ3n) is 3.49. The zero-order valence-corrected chi connectivity index (χ0v) is 10.7. The summed E-state index contributed by atoms with van der Waals surface area (Å²) in [6.45, 7) is 2.33. The number of rotatable bonds is 2. The van der Waals surface area contributed by atoms with Crippen molar-refractivity contribution >= 4 is 11.3 Å². The third-order valence-corrected chi connectivity index (χ3v) is 4.57. The van der Waals surface area contributed by atoms with Crippen LogP contribution in [0.3, 0.4) is 0 Å². The Morgan fingerprint density at radius 2 is 1.76 bits per heavy atom. The Hall–Kier alpha value is -1.12. The average Bonchev–Trinajstić information content (AvgIpc) is 2.90. The monoisotopic (exact) mass is 243 g/mol. The van der Waals surface area contributed by atoms with Gasteiger partial charge in [0.2, 0.25) is 0 Å². The Balaban J connectivity index is 1.93. The molecule has 3 rings (SSSR count). The number of benzene rings is 1. The maximum atomic E-state index is 3.44. The van der Waals surface area contributed by atoms with E-state index in [4.69, 9.17) is 0 Å². The van der Waals surface area contributed by atoms with Gasteiger partial charge in [-0.15, -0.1) is 11.3 Å². The van der Waals surface area contributed by atoms with Gasteiger partial charge in [0.05, 0.1) is 0 Å². The lowest BCUT2D eigenvalue weighted by Crippen LogP contribution is -2.26. The molecule has 1 saturated heterocycles. The lowest BCUT2D eigenvalue weighted by molar-refractivity contribution is 0.465. The summed E-state index contributed by atoms with van der Waals surface area (Å²) >= 11 is 1.92. The number of thiophene rings is 1. The van der Waals surface area contributed by atoms with Crippen molar-refractivity contribution in [2.45, 2.75) is 18.8 Å². The van der Waals surface area contributed by atoms with Crippen LogP contribution in [0.4, 0.5) is 0 Å². The minimum absolute atomic E-state index is 0.756. The Labute approximate surface area is 106 Å². The van der Waals surface area contributed by atoms with Gasteiger partial charge in [-0.1, -0.05) is 30.3 Å². The van der Waals surface area contributed by atoms with Crippen molar-refractivity contribution in [3.05, 3.63) is 46.7 Å². The van der Waals surface area contributed by atoms with Crippen LogP contribution in [0.2, 0.25) is 0 Å². The molecular weight excluding hydrogens is 226 g/mol. The Bertz CT molecular complexity index is 469. The zero-order valence-electron chi connectivity index (χ0n) is 9.86. The molecule has 17 heavy (non-hydrogen) atoms. The summed E-state index contributed by atoms with van der Waals surface area (Å²) in [7, 11) is 0. The summed E-state index contributed by atoms with van der Waals surface area (Å²) in [5.41, 5.74) is 2.81. The molecule has 0 saturated carbocycles. The van der Waals surface area contributed by atoms with Crippen LogP contribution in [0.25, 0.3) is 11.1 Å². The summed E-state index contributed by atoms with van der Waals surface area (Å²) in [6.07, 6.45) is 2.56. The molecule has 1 aromatic heterocycles. The van der Waals surface area contributed by atoms with Gasteiger partial charge in [0.15, 0.2) is 0 Å². The van der Waals surface area contributed by atoms with E-state index in [1.807, 2.05) is 11.3 Å². The van der Waals surface area contributed by atoms with Crippen molar-refractivity contribution in [1.82, 2.24) is 5.32 Å². The first kappa shape index (κ1) is 11.0. The van der Waals surface area contributed by atoms with Crippen LogP contribution >= 0.6 is 11.3 Å². The molecule has 1 N–H and O–H groups in total. The van der Waals surface area contributed by atoms with E-state index in [-0.39, 0.29) is 0 Å². The molecule has 2 heterocycles. The fourth-order valence-corrected chi connectivity index (χ4v) is 3.67. The van der Waals surface area contributed by atoms with Crippen molar-refractivity contribution in [2.24, 2.45) is 0 Å². The molecule has 2 aromatic rings. The number of hydrogen-bond donors (Lipinski definition) is 1. The molecule has 0 unspecified atom stereocenters. The van der Waals surface area contributed by atoms with E-state index in [1.54, 1.807) is 4.88 Å². The lowest BCUT2D eigenvalue weighted by atomic mass is 9.92. The van der Waals surface area contributed by atoms with Crippen LogP contribution in [0.15, 0.2) is 41.8 Å². The van der Waals surface area contributed by atoms with Crippen molar-refractivity contribution < 1.29 is 0 Å². The van der Waals surface area contributed by atoms with Gasteiger partial charge < -0.3 is 5.32 Å². The first-order valence-electron chi connectivity index (χ1n) is 6.28. The lowest BCUT2D eigenvalue weighted by Gasteiger charge is -2.22. The fraction of sp³-hybridized carbons (Fsp3) is 0.333. The molecule has 88 valence electrons. The highest BCUT2D eigenvalue weighted by Crippen LogP contribution is 2.37. The van der Waals surface area contributed by atoms with Crippen molar-refractivity contribution in [3.8, 4) is 11.1 Å². The van der Waals surface area contributed by atoms with E-state index < -0.39 is 0 Å². The van der Waals surface area contributed by atoms with Crippen LogP contribution in [-0.4, -0.2) is 13.1 Å². The minimum atomic E-state index is 0.756. The van der Waals surface area contributed by atoms with Crippen molar-refractivity contribution in [3.63, 3.8) is 0 Å². The largest absolute Gasteiger partial charge is 0.317 e. The predicted octanol–water partition coefficient (Wildman–Crippen LogP) is 3.88. The molecule has 0 radical (unpaired) electrons. The molecule has 1 aliphatic rings. The third kappa shape index (κ3) is 2.28. The summed E-state index contributed by atoms with van der Waals surface area (Å²) in [6, 6.07) is 13.0. The van der Waals surface area contributed by atoms with E-state index in [0.29, 0.717) is 0 Å². The summed E-state index contributed by atoms with van der Waals surface area (Å²) in [4.78, 5) is 1.58. The maximum absolute atomic E-state index is 3.44. The second kappa shape index (κ2) is 5.03. The Morgan fingerprint density at radius 1 is 1.00 bits per heavy atom. The molecule has 0 aliphatic carbocycles. The first-order valence-corrected chi connectivity index (χ1v) is 7.16. The molecule has 1 aliphatic heterocycles. The molecule has 0 atom stereocenters. The topological polar surface area (TPSA) is 12.0 Å². The van der Waals surface area contributed by atoms with Crippen LogP contribution < -0.4 is 5.32 Å². The minimum Gasteiger partial charge on any atom is -0.317 e. The van der Waals surface area contributed by atoms with Crippen LogP contribution in [-0.2, 0) is 0 Å². The summed E-state index contributed by atoms with van der Waals surface area (Å²) < 4.78 is 0. The van der Waals surface area contributed by atoms with Gasteiger partial charge in [-0.25, -0.2) is 0 Å². The zero-order chi connectivity index (χ0) is 11.5. The maximum Gasteiger partial charge on any atom is 0.0155 e. The molecule has 0 bridgehead atoms. The molecule has 0 amide bonds. The number of piperidine rings is 1. The average molecular weight is 243 g/mol. The van der Waals surface area contributed by atoms with Gasteiger partial charge in [-0.05, 0) is 54.4 Å². The van der Waals surface area contributed by atoms with Gasteiger partial charge in [0, 0.05) is 4.88 Å². The van der Waals surface area contributed by atoms with E-state index >= 15 is 0 Å². The molecule has 2 heteroatoms. The SMILES string of the molecule is c1ccc(-c2ccsc2C2CCNCC2)cc1. The van der Waals surface area contributed by atoms with Gasteiger partial charge in [-0.3, -0.25) is 0 Å². The summed E-state index contributed by atoms with van der Waals surface area (Å²) in [5, 5.41) is 5.68. The van der Waals surface area contributed by atoms with Crippen LogP contribution in [0.1, 0.15) is 23.6 Å². The predicted molar refractivity (Wildman–Crippen MR) is 74.6 cm³/mol. The van der Waals surface area contributed by atoms with E-state index in [9.17, 15) is 0 Å². The van der Waals surface area contributed by atoms with E-state index in [1.165, 1.54) is 24.0 Å². The Kier molecular flexibility index (Phi) is 3.25. The highest BCUT2D eigenvalue weighted by Gasteiger charge is 2.19. The van der Waals surface area contributed by atoms with Crippen molar-refractivity contribution in [2.75, 3.05) is 13.1 Å². The van der Waals surface area contributed by atoms with Gasteiger partial charge in [0.1, 0.15) is 0 Å². The highest BCUT2D eigenvalue weighted by atomic mass is 32.1. The quantitative estimate of drug-likeness (QED) is 0.844. The Morgan fingerprint density at radius 3 is 2.53 bits per heavy atom. The van der Waals surface area contributed by atoms with Crippen molar-refractivity contribution in [1.29, 1.82) is 0 Å². The molecule has 1 nitrogen and oxygen atoms in total. The van der Waals surface area contributed by atoms with Gasteiger partial charge >= 0.3 is 0 Å².